The normalized spacial score (nSPS) is 18.6. The molecule has 168 valence electrons. The number of nitrogens with one attached hydrogen (secondary N) is 2. The van der Waals surface area contributed by atoms with Crippen LogP contribution in [-0.4, -0.2) is 61.5 Å². The van der Waals surface area contributed by atoms with Crippen molar-refractivity contribution in [3.8, 4) is 5.75 Å². The van der Waals surface area contributed by atoms with Gasteiger partial charge in [0.25, 0.3) is 0 Å². The van der Waals surface area contributed by atoms with Crippen molar-refractivity contribution in [2.45, 2.75) is 19.4 Å². The molecule has 2 aliphatic heterocycles. The largest absolute Gasteiger partial charge is 0.494 e. The van der Waals surface area contributed by atoms with E-state index in [9.17, 15) is 14.0 Å². The van der Waals surface area contributed by atoms with Crippen LogP contribution in [0.25, 0.3) is 0 Å². The van der Waals surface area contributed by atoms with E-state index in [-0.39, 0.29) is 24.1 Å². The molecule has 4 rings (SSSR count). The first-order valence-corrected chi connectivity index (χ1v) is 10.7. The van der Waals surface area contributed by atoms with E-state index in [1.165, 1.54) is 6.07 Å². The Morgan fingerprint density at radius 2 is 1.81 bits per heavy atom. The van der Waals surface area contributed by atoms with Gasteiger partial charge in [-0.25, -0.2) is 9.38 Å². The number of amides is 2. The minimum absolute atomic E-state index is 0.0123. The molecular weight excluding hydrogens is 413 g/mol. The zero-order chi connectivity index (χ0) is 22.5. The Hall–Kier alpha value is -3.62. The van der Waals surface area contributed by atoms with E-state index >= 15 is 0 Å². The van der Waals surface area contributed by atoms with Crippen molar-refractivity contribution in [2.75, 3.05) is 43.0 Å². The van der Waals surface area contributed by atoms with Crippen LogP contribution in [0, 0.1) is 5.82 Å². The second-order valence-electron chi connectivity index (χ2n) is 7.59. The first kappa shape index (κ1) is 21.6. The maximum Gasteiger partial charge on any atom is 0.249 e. The van der Waals surface area contributed by atoms with Gasteiger partial charge in [-0.15, -0.1) is 0 Å². The van der Waals surface area contributed by atoms with Crippen molar-refractivity contribution >= 4 is 29.1 Å². The first-order chi connectivity index (χ1) is 15.5. The second kappa shape index (κ2) is 9.67. The molecule has 1 fully saturated rings. The topological polar surface area (TPSA) is 86.3 Å². The lowest BCUT2D eigenvalue weighted by molar-refractivity contribution is -0.125. The van der Waals surface area contributed by atoms with Crippen LogP contribution in [0.4, 0.5) is 15.8 Å². The monoisotopic (exact) mass is 439 g/mol. The van der Waals surface area contributed by atoms with Crippen LogP contribution < -0.4 is 20.3 Å². The average Bonchev–Trinajstić information content (AvgIpc) is 2.80. The van der Waals surface area contributed by atoms with Crippen molar-refractivity contribution in [1.82, 2.24) is 10.2 Å². The number of aliphatic imine (C=N–C) groups is 1. The Balaban J connectivity index is 1.39. The molecule has 1 saturated heterocycles. The quantitative estimate of drug-likeness (QED) is 0.746. The van der Waals surface area contributed by atoms with Crippen molar-refractivity contribution < 1.29 is 18.7 Å². The van der Waals surface area contributed by atoms with Gasteiger partial charge in [-0.3, -0.25) is 14.9 Å². The summed E-state index contributed by atoms with van der Waals surface area (Å²) in [6, 6.07) is 12.9. The number of guanidine groups is 1. The highest BCUT2D eigenvalue weighted by atomic mass is 19.1. The molecule has 32 heavy (non-hydrogen) atoms. The number of carbonyl (C=O) groups is 2. The predicted molar refractivity (Wildman–Crippen MR) is 120 cm³/mol. The highest BCUT2D eigenvalue weighted by molar-refractivity contribution is 6.06. The summed E-state index contributed by atoms with van der Waals surface area (Å²) in [5.41, 5.74) is 1.18. The minimum atomic E-state index is -0.810. The third-order valence-electron chi connectivity index (χ3n) is 5.42. The number of benzene rings is 2. The lowest BCUT2D eigenvalue weighted by Gasteiger charge is -2.38. The van der Waals surface area contributed by atoms with E-state index in [0.29, 0.717) is 50.1 Å². The summed E-state index contributed by atoms with van der Waals surface area (Å²) in [4.78, 5) is 33.4. The maximum absolute atomic E-state index is 14.1. The molecule has 2 heterocycles. The van der Waals surface area contributed by atoms with E-state index in [1.54, 1.807) is 36.4 Å². The molecule has 0 aliphatic carbocycles. The fraction of sp³-hybridized carbons (Fsp3) is 0.348. The second-order valence-corrected chi connectivity index (χ2v) is 7.59. The van der Waals surface area contributed by atoms with Crippen LogP contribution in [0.3, 0.4) is 0 Å². The standard InChI is InChI=1S/C23H26FN5O3/c1-2-32-17-9-7-16(8-10-17)25-22(31)19-15-21(30)27-23(26-19)29-13-11-28(12-14-29)20-6-4-3-5-18(20)24/h3-10,19H,2,11-15H2,1H3,(H,25,31)(H,26,27,30)/t19-/m0/s1. The highest BCUT2D eigenvalue weighted by Crippen LogP contribution is 2.21. The molecule has 2 aromatic rings. The lowest BCUT2D eigenvalue weighted by atomic mass is 10.1. The van der Waals surface area contributed by atoms with Crippen LogP contribution in [-0.2, 0) is 9.59 Å². The number of hydrogen-bond acceptors (Lipinski definition) is 6. The molecular formula is C23H26FN5O3. The van der Waals surface area contributed by atoms with Gasteiger partial charge in [-0.2, -0.15) is 0 Å². The zero-order valence-electron chi connectivity index (χ0n) is 17.9. The fourth-order valence-electron chi connectivity index (χ4n) is 3.78. The van der Waals surface area contributed by atoms with Gasteiger partial charge in [0.2, 0.25) is 17.8 Å². The molecule has 0 unspecified atom stereocenters. The molecule has 0 spiro atoms. The molecule has 2 aromatic carbocycles. The molecule has 9 heteroatoms. The van der Waals surface area contributed by atoms with Crippen LogP contribution in [0.5, 0.6) is 5.75 Å². The number of para-hydroxylation sites is 1. The molecule has 2 N–H and O–H groups in total. The highest BCUT2D eigenvalue weighted by Gasteiger charge is 2.31. The number of ether oxygens (including phenoxy) is 1. The molecule has 0 aromatic heterocycles. The SMILES string of the molecule is CCOc1ccc(NC(=O)[C@@H]2CC(=O)NC(N3CCN(c4ccccc4F)CC3)=N2)cc1. The van der Waals surface area contributed by atoms with Gasteiger partial charge in [0.05, 0.1) is 18.7 Å². The van der Waals surface area contributed by atoms with Gasteiger partial charge in [-0.1, -0.05) is 12.1 Å². The van der Waals surface area contributed by atoms with Gasteiger partial charge in [-0.05, 0) is 43.3 Å². The fourth-order valence-corrected chi connectivity index (χ4v) is 3.78. The van der Waals surface area contributed by atoms with E-state index in [0.717, 1.165) is 5.75 Å². The molecule has 2 aliphatic rings. The summed E-state index contributed by atoms with van der Waals surface area (Å²) in [5, 5.41) is 5.58. The summed E-state index contributed by atoms with van der Waals surface area (Å²) in [6.07, 6.45) is -0.0123. The van der Waals surface area contributed by atoms with E-state index in [1.807, 2.05) is 22.8 Å². The average molecular weight is 439 g/mol. The van der Waals surface area contributed by atoms with Crippen molar-refractivity contribution in [2.24, 2.45) is 4.99 Å². The number of halogens is 1. The summed E-state index contributed by atoms with van der Waals surface area (Å²) in [7, 11) is 0. The summed E-state index contributed by atoms with van der Waals surface area (Å²) >= 11 is 0. The molecule has 0 radical (unpaired) electrons. The van der Waals surface area contributed by atoms with Gasteiger partial charge in [0, 0.05) is 31.9 Å². The van der Waals surface area contributed by atoms with Crippen molar-refractivity contribution in [1.29, 1.82) is 0 Å². The zero-order valence-corrected chi connectivity index (χ0v) is 17.9. The van der Waals surface area contributed by atoms with Gasteiger partial charge < -0.3 is 19.9 Å². The van der Waals surface area contributed by atoms with Crippen molar-refractivity contribution in [3.63, 3.8) is 0 Å². The predicted octanol–water partition coefficient (Wildman–Crippen LogP) is 2.23. The molecule has 0 saturated carbocycles. The number of piperazine rings is 1. The van der Waals surface area contributed by atoms with E-state index < -0.39 is 6.04 Å². The number of hydrogen-bond donors (Lipinski definition) is 2. The molecule has 0 bridgehead atoms. The summed E-state index contributed by atoms with van der Waals surface area (Å²) in [6.45, 7) is 4.74. The van der Waals surface area contributed by atoms with Crippen LogP contribution in [0.2, 0.25) is 0 Å². The Morgan fingerprint density at radius 1 is 1.12 bits per heavy atom. The Bertz CT molecular complexity index is 1000. The van der Waals surface area contributed by atoms with Crippen LogP contribution in [0.1, 0.15) is 13.3 Å². The Kier molecular flexibility index (Phi) is 6.53. The molecule has 1 atom stereocenters. The van der Waals surface area contributed by atoms with Gasteiger partial charge >= 0.3 is 0 Å². The van der Waals surface area contributed by atoms with Crippen molar-refractivity contribution in [3.05, 3.63) is 54.3 Å². The minimum Gasteiger partial charge on any atom is -0.494 e. The Labute approximate surface area is 186 Å². The third-order valence-corrected chi connectivity index (χ3v) is 5.42. The number of carbonyl (C=O) groups excluding carboxylic acids is 2. The van der Waals surface area contributed by atoms with Gasteiger partial charge in [0.1, 0.15) is 17.6 Å². The Morgan fingerprint density at radius 3 is 2.50 bits per heavy atom. The van der Waals surface area contributed by atoms with Gasteiger partial charge in [0.15, 0.2) is 0 Å². The first-order valence-electron chi connectivity index (χ1n) is 10.7. The smallest absolute Gasteiger partial charge is 0.249 e. The maximum atomic E-state index is 14.1. The third kappa shape index (κ3) is 4.99. The number of nitrogens with zero attached hydrogens (tertiary/aromatic N) is 3. The van der Waals surface area contributed by atoms with E-state index in [4.69, 9.17) is 4.74 Å². The number of rotatable bonds is 5. The van der Waals surface area contributed by atoms with Crippen LogP contribution >= 0.6 is 0 Å². The number of anilines is 2. The van der Waals surface area contributed by atoms with E-state index in [2.05, 4.69) is 15.6 Å². The summed E-state index contributed by atoms with van der Waals surface area (Å²) in [5.74, 6) is 0.263. The molecule has 2 amide bonds. The van der Waals surface area contributed by atoms with Crippen LogP contribution in [0.15, 0.2) is 53.5 Å². The lowest BCUT2D eigenvalue weighted by Crippen LogP contribution is -2.56. The summed E-state index contributed by atoms with van der Waals surface area (Å²) < 4.78 is 19.5. The molecule has 8 nitrogen and oxygen atoms in total.